The highest BCUT2D eigenvalue weighted by Gasteiger charge is 2.30. The molecule has 1 N–H and O–H groups in total. The van der Waals surface area contributed by atoms with Crippen molar-refractivity contribution in [2.75, 3.05) is 5.32 Å². The van der Waals surface area contributed by atoms with Gasteiger partial charge in [0, 0.05) is 18.3 Å². The first-order valence-corrected chi connectivity index (χ1v) is 5.64. The minimum absolute atomic E-state index is 0.278. The lowest BCUT2D eigenvalue weighted by atomic mass is 10.1. The molecule has 0 aliphatic carbocycles. The predicted molar refractivity (Wildman–Crippen MR) is 65.5 cm³/mol. The van der Waals surface area contributed by atoms with Crippen LogP contribution in [0.4, 0.5) is 19.0 Å². The molecule has 19 heavy (non-hydrogen) atoms. The molecule has 0 aliphatic rings. The van der Waals surface area contributed by atoms with Gasteiger partial charge in [-0.15, -0.1) is 0 Å². The van der Waals surface area contributed by atoms with Gasteiger partial charge >= 0.3 is 6.18 Å². The van der Waals surface area contributed by atoms with Crippen LogP contribution in [0.2, 0.25) is 0 Å². The van der Waals surface area contributed by atoms with Gasteiger partial charge in [-0.25, -0.2) is 9.97 Å². The van der Waals surface area contributed by atoms with E-state index in [2.05, 4.69) is 15.3 Å². The number of halogens is 3. The zero-order valence-corrected chi connectivity index (χ0v) is 10.2. The zero-order chi connectivity index (χ0) is 13.9. The highest BCUT2D eigenvalue weighted by Crippen LogP contribution is 2.29. The molecule has 2 rings (SSSR count). The van der Waals surface area contributed by atoms with E-state index in [0.717, 1.165) is 17.8 Å². The summed E-state index contributed by atoms with van der Waals surface area (Å²) >= 11 is 0. The Morgan fingerprint density at radius 2 is 1.95 bits per heavy atom. The number of hydrogen-bond donors (Lipinski definition) is 1. The number of aryl methyl sites for hydroxylation is 1. The van der Waals surface area contributed by atoms with E-state index in [0.29, 0.717) is 11.4 Å². The maximum atomic E-state index is 12.5. The Morgan fingerprint density at radius 1 is 1.16 bits per heavy atom. The molecule has 6 heteroatoms. The van der Waals surface area contributed by atoms with E-state index in [1.165, 1.54) is 12.4 Å². The second kappa shape index (κ2) is 5.26. The fourth-order valence-corrected chi connectivity index (χ4v) is 1.60. The molecule has 2 aromatic rings. The van der Waals surface area contributed by atoms with Crippen molar-refractivity contribution in [2.24, 2.45) is 0 Å². The summed E-state index contributed by atoms with van der Waals surface area (Å²) in [5, 5.41) is 2.96. The van der Waals surface area contributed by atoms with Gasteiger partial charge in [-0.2, -0.15) is 13.2 Å². The second-order valence-electron chi connectivity index (χ2n) is 4.10. The number of hydrogen-bond acceptors (Lipinski definition) is 3. The summed E-state index contributed by atoms with van der Waals surface area (Å²) in [5.41, 5.74) is 0.693. The first-order chi connectivity index (χ1) is 8.95. The molecular formula is C13H12F3N3. The third kappa shape index (κ3) is 3.67. The van der Waals surface area contributed by atoms with Crippen molar-refractivity contribution in [3.05, 3.63) is 53.5 Å². The Morgan fingerprint density at radius 3 is 2.63 bits per heavy atom. The minimum Gasteiger partial charge on any atom is -0.366 e. The SMILES string of the molecule is Cc1cc(NCc2cccc(C(F)(F)F)c2)ncn1. The van der Waals surface area contributed by atoms with E-state index in [4.69, 9.17) is 0 Å². The third-order valence-electron chi connectivity index (χ3n) is 2.53. The van der Waals surface area contributed by atoms with E-state index in [1.54, 1.807) is 12.1 Å². The molecule has 0 spiro atoms. The smallest absolute Gasteiger partial charge is 0.366 e. The summed E-state index contributed by atoms with van der Waals surface area (Å²) in [6, 6.07) is 6.94. The quantitative estimate of drug-likeness (QED) is 0.926. The molecule has 1 heterocycles. The topological polar surface area (TPSA) is 37.8 Å². The Balaban J connectivity index is 2.08. The summed E-state index contributed by atoms with van der Waals surface area (Å²) in [6.45, 7) is 2.09. The highest BCUT2D eigenvalue weighted by molar-refractivity contribution is 5.36. The van der Waals surface area contributed by atoms with Crippen molar-refractivity contribution >= 4 is 5.82 Å². The first kappa shape index (κ1) is 13.3. The van der Waals surface area contributed by atoms with Crippen LogP contribution in [0.1, 0.15) is 16.8 Å². The lowest BCUT2D eigenvalue weighted by molar-refractivity contribution is -0.137. The predicted octanol–water partition coefficient (Wildman–Crippen LogP) is 3.42. The average molecular weight is 267 g/mol. The molecule has 100 valence electrons. The zero-order valence-electron chi connectivity index (χ0n) is 10.2. The average Bonchev–Trinajstić information content (AvgIpc) is 2.36. The molecule has 0 aliphatic heterocycles. The van der Waals surface area contributed by atoms with Crippen LogP contribution >= 0.6 is 0 Å². The maximum Gasteiger partial charge on any atom is 0.416 e. The number of nitrogens with zero attached hydrogens (tertiary/aromatic N) is 2. The number of nitrogens with one attached hydrogen (secondary N) is 1. The van der Waals surface area contributed by atoms with E-state index in [-0.39, 0.29) is 6.54 Å². The van der Waals surface area contributed by atoms with Crippen molar-refractivity contribution < 1.29 is 13.2 Å². The van der Waals surface area contributed by atoms with Crippen LogP contribution in [0, 0.1) is 6.92 Å². The highest BCUT2D eigenvalue weighted by atomic mass is 19.4. The normalized spacial score (nSPS) is 11.4. The summed E-state index contributed by atoms with van der Waals surface area (Å²) < 4.78 is 37.6. The molecule has 0 bridgehead atoms. The van der Waals surface area contributed by atoms with Crippen molar-refractivity contribution in [2.45, 2.75) is 19.6 Å². The van der Waals surface area contributed by atoms with Crippen molar-refractivity contribution in [3.8, 4) is 0 Å². The van der Waals surface area contributed by atoms with Gasteiger partial charge in [0.25, 0.3) is 0 Å². The molecule has 0 amide bonds. The van der Waals surface area contributed by atoms with Crippen molar-refractivity contribution in [1.82, 2.24) is 9.97 Å². The van der Waals surface area contributed by atoms with Gasteiger partial charge < -0.3 is 5.32 Å². The lowest BCUT2D eigenvalue weighted by Gasteiger charge is -2.10. The van der Waals surface area contributed by atoms with Crippen LogP contribution in [0.3, 0.4) is 0 Å². The molecule has 0 saturated heterocycles. The van der Waals surface area contributed by atoms with E-state index >= 15 is 0 Å². The molecule has 1 aromatic carbocycles. The van der Waals surface area contributed by atoms with Crippen LogP contribution in [-0.4, -0.2) is 9.97 Å². The fraction of sp³-hybridized carbons (Fsp3) is 0.231. The Bertz CT molecular complexity index is 567. The fourth-order valence-electron chi connectivity index (χ4n) is 1.60. The lowest BCUT2D eigenvalue weighted by Crippen LogP contribution is -2.07. The second-order valence-corrected chi connectivity index (χ2v) is 4.10. The van der Waals surface area contributed by atoms with Crippen LogP contribution in [-0.2, 0) is 12.7 Å². The molecular weight excluding hydrogens is 255 g/mol. The third-order valence-corrected chi connectivity index (χ3v) is 2.53. The van der Waals surface area contributed by atoms with Gasteiger partial charge in [-0.05, 0) is 24.6 Å². The summed E-state index contributed by atoms with van der Waals surface area (Å²) in [5.74, 6) is 0.588. The number of anilines is 1. The molecule has 0 fully saturated rings. The first-order valence-electron chi connectivity index (χ1n) is 5.64. The summed E-state index contributed by atoms with van der Waals surface area (Å²) in [7, 11) is 0. The molecule has 1 aromatic heterocycles. The molecule has 0 unspecified atom stereocenters. The maximum absolute atomic E-state index is 12.5. The number of rotatable bonds is 3. The Hall–Kier alpha value is -2.11. The molecule has 0 atom stereocenters. The van der Waals surface area contributed by atoms with Crippen LogP contribution in [0.15, 0.2) is 36.7 Å². The molecule has 0 saturated carbocycles. The van der Waals surface area contributed by atoms with Gasteiger partial charge in [-0.3, -0.25) is 0 Å². The van der Waals surface area contributed by atoms with Gasteiger partial charge in [0.05, 0.1) is 5.56 Å². The van der Waals surface area contributed by atoms with Crippen LogP contribution in [0.25, 0.3) is 0 Å². The van der Waals surface area contributed by atoms with Crippen molar-refractivity contribution in [3.63, 3.8) is 0 Å². The van der Waals surface area contributed by atoms with Crippen LogP contribution in [0.5, 0.6) is 0 Å². The van der Waals surface area contributed by atoms with Gasteiger partial charge in [-0.1, -0.05) is 12.1 Å². The number of aromatic nitrogens is 2. The standard InChI is InChI=1S/C13H12F3N3/c1-9-5-12(19-8-18-9)17-7-10-3-2-4-11(6-10)13(14,15)16/h2-6,8H,7H2,1H3,(H,17,18,19). The van der Waals surface area contributed by atoms with Gasteiger partial charge in [0.2, 0.25) is 0 Å². The van der Waals surface area contributed by atoms with E-state index < -0.39 is 11.7 Å². The Labute approximate surface area is 108 Å². The largest absolute Gasteiger partial charge is 0.416 e. The van der Waals surface area contributed by atoms with E-state index in [1.807, 2.05) is 6.92 Å². The summed E-state index contributed by atoms with van der Waals surface area (Å²) in [4.78, 5) is 7.92. The van der Waals surface area contributed by atoms with Crippen molar-refractivity contribution in [1.29, 1.82) is 0 Å². The summed E-state index contributed by atoms with van der Waals surface area (Å²) in [6.07, 6.45) is -2.91. The Kier molecular flexibility index (Phi) is 3.69. The molecule has 3 nitrogen and oxygen atoms in total. The number of alkyl halides is 3. The molecule has 0 radical (unpaired) electrons. The van der Waals surface area contributed by atoms with Gasteiger partial charge in [0.1, 0.15) is 12.1 Å². The van der Waals surface area contributed by atoms with E-state index in [9.17, 15) is 13.2 Å². The van der Waals surface area contributed by atoms with Gasteiger partial charge in [0.15, 0.2) is 0 Å². The number of benzene rings is 1. The monoisotopic (exact) mass is 267 g/mol. The minimum atomic E-state index is -4.32. The van der Waals surface area contributed by atoms with Crippen LogP contribution < -0.4 is 5.32 Å².